The van der Waals surface area contributed by atoms with Crippen molar-refractivity contribution in [1.29, 1.82) is 0 Å². The van der Waals surface area contributed by atoms with E-state index >= 15 is 0 Å². The predicted molar refractivity (Wildman–Crippen MR) is 57.4 cm³/mol. The van der Waals surface area contributed by atoms with Gasteiger partial charge in [0.15, 0.2) is 0 Å². The number of ether oxygens (including phenoxy) is 1. The van der Waals surface area contributed by atoms with Gasteiger partial charge in [-0.2, -0.15) is 0 Å². The van der Waals surface area contributed by atoms with E-state index in [0.717, 1.165) is 24.3 Å². The van der Waals surface area contributed by atoms with Crippen LogP contribution in [0.2, 0.25) is 0 Å². The molecule has 0 saturated heterocycles. The van der Waals surface area contributed by atoms with Crippen LogP contribution in [0.4, 0.5) is 0 Å². The molecule has 1 unspecified atom stereocenters. The van der Waals surface area contributed by atoms with Crippen LogP contribution in [0.25, 0.3) is 0 Å². The van der Waals surface area contributed by atoms with E-state index in [-0.39, 0.29) is 6.04 Å². The van der Waals surface area contributed by atoms with E-state index in [1.807, 2.05) is 13.8 Å². The van der Waals surface area contributed by atoms with Crippen LogP contribution < -0.4 is 5.32 Å². The first kappa shape index (κ1) is 12.1. The van der Waals surface area contributed by atoms with E-state index < -0.39 is 0 Å². The Morgan fingerprint density at radius 3 is 2.38 bits per heavy atom. The molecule has 0 aliphatic carbocycles. The first-order chi connectivity index (χ1) is 6.11. The first-order valence-corrected chi connectivity index (χ1v) is 4.85. The van der Waals surface area contributed by atoms with Crippen LogP contribution in [0.3, 0.4) is 0 Å². The monoisotopic (exact) mass is 183 g/mol. The molecule has 0 aliphatic rings. The molecule has 1 N–H and O–H groups in total. The topological polar surface area (TPSA) is 21.3 Å². The van der Waals surface area contributed by atoms with Crippen LogP contribution in [-0.4, -0.2) is 12.6 Å². The zero-order valence-corrected chi connectivity index (χ0v) is 9.02. The second-order valence-electron chi connectivity index (χ2n) is 3.17. The van der Waals surface area contributed by atoms with Crippen molar-refractivity contribution in [3.8, 4) is 0 Å². The lowest BCUT2D eigenvalue weighted by Gasteiger charge is -2.21. The Hall–Kier alpha value is -0.920. The van der Waals surface area contributed by atoms with E-state index in [2.05, 4.69) is 25.4 Å². The second-order valence-corrected chi connectivity index (χ2v) is 3.17. The predicted octanol–water partition coefficient (Wildman–Crippen LogP) is 2.83. The first-order valence-electron chi connectivity index (χ1n) is 4.85. The summed E-state index contributed by atoms with van der Waals surface area (Å²) in [5, 5.41) is 3.25. The van der Waals surface area contributed by atoms with E-state index in [4.69, 9.17) is 4.74 Å². The molecule has 0 spiro atoms. The molecule has 0 aromatic heterocycles. The molecule has 0 aromatic rings. The fourth-order valence-corrected chi connectivity index (χ4v) is 1.19. The summed E-state index contributed by atoms with van der Waals surface area (Å²) in [5.41, 5.74) is 0.958. The van der Waals surface area contributed by atoms with Gasteiger partial charge in [-0.25, -0.2) is 0 Å². The summed E-state index contributed by atoms with van der Waals surface area (Å²) in [6.07, 6.45) is 2.14. The second kappa shape index (κ2) is 6.58. The Balaban J connectivity index is 4.06. The minimum atomic E-state index is 0.211. The molecular formula is C11H21NO. The molecule has 0 fully saturated rings. The van der Waals surface area contributed by atoms with E-state index in [1.54, 1.807) is 0 Å². The van der Waals surface area contributed by atoms with Gasteiger partial charge in [0, 0.05) is 5.70 Å². The van der Waals surface area contributed by atoms with Crippen LogP contribution in [0.5, 0.6) is 0 Å². The van der Waals surface area contributed by atoms with Crippen molar-refractivity contribution in [2.45, 2.75) is 39.7 Å². The lowest BCUT2D eigenvalue weighted by molar-refractivity contribution is 0.200. The summed E-state index contributed by atoms with van der Waals surface area (Å²) in [5.74, 6) is 0.812. The number of nitrogens with one attached hydrogen (secondary N) is 1. The summed E-state index contributed by atoms with van der Waals surface area (Å²) in [4.78, 5) is 0. The molecule has 0 radical (unpaired) electrons. The molecule has 0 rings (SSSR count). The molecule has 0 amide bonds. The molecule has 76 valence electrons. The molecule has 0 saturated carbocycles. The summed E-state index contributed by atoms with van der Waals surface area (Å²) < 4.78 is 5.36. The molecular weight excluding hydrogens is 162 g/mol. The number of rotatable bonds is 7. The third-order valence-electron chi connectivity index (χ3n) is 1.72. The van der Waals surface area contributed by atoms with Gasteiger partial charge in [0.25, 0.3) is 0 Å². The lowest BCUT2D eigenvalue weighted by atomic mass is 10.1. The zero-order chi connectivity index (χ0) is 10.3. The van der Waals surface area contributed by atoms with Gasteiger partial charge in [-0.15, -0.1) is 0 Å². The van der Waals surface area contributed by atoms with Crippen molar-refractivity contribution in [2.24, 2.45) is 0 Å². The highest BCUT2D eigenvalue weighted by molar-refractivity contribution is 5.02. The van der Waals surface area contributed by atoms with E-state index in [0.29, 0.717) is 6.61 Å². The van der Waals surface area contributed by atoms with Gasteiger partial charge < -0.3 is 10.1 Å². The van der Waals surface area contributed by atoms with Crippen molar-refractivity contribution in [3.05, 3.63) is 24.6 Å². The van der Waals surface area contributed by atoms with Crippen LogP contribution in [0.1, 0.15) is 33.6 Å². The van der Waals surface area contributed by atoms with Crippen molar-refractivity contribution in [1.82, 2.24) is 5.32 Å². The number of hydrogen-bond acceptors (Lipinski definition) is 2. The minimum Gasteiger partial charge on any atom is -0.497 e. The average molecular weight is 183 g/mol. The maximum Gasteiger partial charge on any atom is 0.111 e. The fraction of sp³-hybridized carbons (Fsp3) is 0.636. The highest BCUT2D eigenvalue weighted by Gasteiger charge is 2.11. The molecule has 0 heterocycles. The maximum atomic E-state index is 5.36. The Bertz CT molecular complexity index is 175. The molecule has 1 atom stereocenters. The third kappa shape index (κ3) is 5.34. The summed E-state index contributed by atoms with van der Waals surface area (Å²) in [7, 11) is 0. The zero-order valence-electron chi connectivity index (χ0n) is 9.02. The van der Waals surface area contributed by atoms with Crippen LogP contribution in [0, 0.1) is 0 Å². The SMILES string of the molecule is C=C(C)NC(CCC)C(=C)OCC. The van der Waals surface area contributed by atoms with Crippen LogP contribution in [-0.2, 0) is 4.74 Å². The molecule has 2 nitrogen and oxygen atoms in total. The molecule has 2 heteroatoms. The Kier molecular flexibility index (Phi) is 6.11. The normalized spacial score (nSPS) is 11.9. The third-order valence-corrected chi connectivity index (χ3v) is 1.72. The quantitative estimate of drug-likeness (QED) is 0.613. The highest BCUT2D eigenvalue weighted by Crippen LogP contribution is 2.09. The average Bonchev–Trinajstić information content (AvgIpc) is 2.03. The molecule has 0 aromatic carbocycles. The van der Waals surface area contributed by atoms with Gasteiger partial charge >= 0.3 is 0 Å². The van der Waals surface area contributed by atoms with Gasteiger partial charge in [-0.05, 0) is 20.3 Å². The summed E-state index contributed by atoms with van der Waals surface area (Å²) in [6.45, 7) is 14.4. The largest absolute Gasteiger partial charge is 0.497 e. The highest BCUT2D eigenvalue weighted by atomic mass is 16.5. The van der Waals surface area contributed by atoms with Gasteiger partial charge in [0.2, 0.25) is 0 Å². The van der Waals surface area contributed by atoms with Crippen LogP contribution in [0.15, 0.2) is 24.6 Å². The van der Waals surface area contributed by atoms with E-state index in [1.165, 1.54) is 0 Å². The smallest absolute Gasteiger partial charge is 0.111 e. The number of hydrogen-bond donors (Lipinski definition) is 1. The lowest BCUT2D eigenvalue weighted by Crippen LogP contribution is -2.29. The minimum absolute atomic E-state index is 0.211. The molecule has 0 bridgehead atoms. The molecule has 13 heavy (non-hydrogen) atoms. The Labute approximate surface area is 81.7 Å². The van der Waals surface area contributed by atoms with Crippen molar-refractivity contribution >= 4 is 0 Å². The standard InChI is InChI=1S/C11H21NO/c1-6-8-11(12-9(3)4)10(5)13-7-2/h11-12H,3,5-8H2,1-2,4H3. The van der Waals surface area contributed by atoms with Gasteiger partial charge in [-0.1, -0.05) is 26.5 Å². The number of allylic oxidation sites excluding steroid dienone is 1. The van der Waals surface area contributed by atoms with E-state index in [9.17, 15) is 0 Å². The van der Waals surface area contributed by atoms with Crippen molar-refractivity contribution < 1.29 is 4.74 Å². The van der Waals surface area contributed by atoms with Crippen molar-refractivity contribution in [3.63, 3.8) is 0 Å². The Morgan fingerprint density at radius 1 is 1.38 bits per heavy atom. The van der Waals surface area contributed by atoms with Crippen LogP contribution >= 0.6 is 0 Å². The summed E-state index contributed by atoms with van der Waals surface area (Å²) in [6, 6.07) is 0.211. The van der Waals surface area contributed by atoms with Gasteiger partial charge in [0.1, 0.15) is 5.76 Å². The fourth-order valence-electron chi connectivity index (χ4n) is 1.19. The maximum absolute atomic E-state index is 5.36. The molecule has 0 aliphatic heterocycles. The van der Waals surface area contributed by atoms with Gasteiger partial charge in [-0.3, -0.25) is 0 Å². The van der Waals surface area contributed by atoms with Crippen molar-refractivity contribution in [2.75, 3.05) is 6.61 Å². The Morgan fingerprint density at radius 2 is 2.00 bits per heavy atom. The summed E-state index contributed by atoms with van der Waals surface area (Å²) >= 11 is 0. The van der Waals surface area contributed by atoms with Gasteiger partial charge in [0.05, 0.1) is 12.6 Å².